The van der Waals surface area contributed by atoms with Gasteiger partial charge in [-0.25, -0.2) is 0 Å². The highest BCUT2D eigenvalue weighted by Crippen LogP contribution is 2.43. The Hall–Kier alpha value is -3.98. The molecule has 0 radical (unpaired) electrons. The zero-order chi connectivity index (χ0) is 21.6. The summed E-state index contributed by atoms with van der Waals surface area (Å²) in [5.41, 5.74) is 6.17. The van der Waals surface area contributed by atoms with Crippen LogP contribution in [0, 0.1) is 0 Å². The van der Waals surface area contributed by atoms with Gasteiger partial charge < -0.3 is 10.2 Å². The van der Waals surface area contributed by atoms with Crippen molar-refractivity contribution < 1.29 is 0 Å². The second-order valence-corrected chi connectivity index (χ2v) is 9.02. The zero-order valence-corrected chi connectivity index (χ0v) is 18.0. The summed E-state index contributed by atoms with van der Waals surface area (Å²) in [7, 11) is 0. The van der Waals surface area contributed by atoms with E-state index in [9.17, 15) is 0 Å². The molecule has 0 amide bonds. The first-order valence-electron chi connectivity index (χ1n) is 11.2. The van der Waals surface area contributed by atoms with E-state index in [0.29, 0.717) is 5.92 Å². The lowest BCUT2D eigenvalue weighted by Gasteiger charge is -2.15. The maximum atomic E-state index is 6.60. The van der Waals surface area contributed by atoms with E-state index in [-0.39, 0.29) is 0 Å². The second-order valence-electron chi connectivity index (χ2n) is 9.02. The minimum Gasteiger partial charge on any atom is -0.339 e. The summed E-state index contributed by atoms with van der Waals surface area (Å²) in [6, 6.07) is 19.2. The lowest BCUT2D eigenvalue weighted by Crippen LogP contribution is -2.22. The van der Waals surface area contributed by atoms with E-state index < -0.39 is 0 Å². The van der Waals surface area contributed by atoms with Gasteiger partial charge in [0.2, 0.25) is 0 Å². The molecule has 2 N–H and O–H groups in total. The molecule has 1 aliphatic carbocycles. The molecule has 3 heteroatoms. The summed E-state index contributed by atoms with van der Waals surface area (Å²) >= 11 is 0. The second kappa shape index (κ2) is 6.04. The van der Waals surface area contributed by atoms with Gasteiger partial charge in [0, 0.05) is 21.5 Å². The van der Waals surface area contributed by atoms with Crippen LogP contribution in [0.1, 0.15) is 30.5 Å². The summed E-state index contributed by atoms with van der Waals surface area (Å²) in [5, 5.41) is 8.43. The fraction of sp³-hybridized carbons (Fsp3) is 0.103. The Bertz CT molecular complexity index is 1900. The van der Waals surface area contributed by atoms with E-state index in [1.807, 2.05) is 10.7 Å². The van der Waals surface area contributed by atoms with E-state index in [2.05, 4.69) is 90.7 Å². The van der Waals surface area contributed by atoms with Gasteiger partial charge in [0.05, 0.1) is 27.6 Å². The number of aromatic nitrogens is 2. The first-order valence-corrected chi connectivity index (χ1v) is 11.2. The Morgan fingerprint density at radius 1 is 0.938 bits per heavy atom. The molecule has 154 valence electrons. The number of fused-ring (bicyclic) bond motifs is 3. The van der Waals surface area contributed by atoms with Crippen LogP contribution < -0.4 is 21.6 Å². The van der Waals surface area contributed by atoms with Gasteiger partial charge in [0.15, 0.2) is 0 Å². The molecular formula is C29H23N3. The lowest BCUT2D eigenvalue weighted by atomic mass is 9.90. The summed E-state index contributed by atoms with van der Waals surface area (Å²) in [6.07, 6.45) is 10.1. The molecule has 1 unspecified atom stereocenters. The Morgan fingerprint density at radius 2 is 1.78 bits per heavy atom. The Kier molecular flexibility index (Phi) is 3.34. The Morgan fingerprint density at radius 3 is 2.66 bits per heavy atom. The fourth-order valence-corrected chi connectivity index (χ4v) is 5.79. The highest BCUT2D eigenvalue weighted by atomic mass is 15.3. The number of allylic oxidation sites excluding steroid dienone is 1. The first-order chi connectivity index (χ1) is 15.6. The van der Waals surface area contributed by atoms with Crippen molar-refractivity contribution in [3.8, 4) is 0 Å². The van der Waals surface area contributed by atoms with Gasteiger partial charge in [-0.15, -0.1) is 0 Å². The van der Waals surface area contributed by atoms with E-state index in [0.717, 1.165) is 27.9 Å². The lowest BCUT2D eigenvalue weighted by molar-refractivity contribution is 0.774. The third-order valence-electron chi connectivity index (χ3n) is 7.25. The molecule has 6 aromatic rings. The molecule has 1 atom stereocenters. The standard InChI is InChI=1S/C29H23N3/c1-17-7-3-4-9-19(17)13-15-22-20-10-6-12-24-27(20)28-25(32(24)30)16-14-21-26-18(2)8-5-11-23(26)31(22)29(21)28/h3-7,9-16,18H,1,8,30H2,2H3/b19-13-,22-15-. The minimum atomic E-state index is 0.485. The normalized spacial score (nSPS) is 17.6. The number of hydrogen-bond donors (Lipinski definition) is 1. The molecule has 0 saturated carbocycles. The van der Waals surface area contributed by atoms with Crippen LogP contribution in [-0.2, 0) is 0 Å². The molecule has 0 aliphatic heterocycles. The summed E-state index contributed by atoms with van der Waals surface area (Å²) in [4.78, 5) is 0. The van der Waals surface area contributed by atoms with Gasteiger partial charge >= 0.3 is 0 Å². The average Bonchev–Trinajstić information content (AvgIpc) is 3.30. The number of nitrogen functional groups attached to an aromatic ring is 1. The number of nitrogens with zero attached hydrogens (tertiary/aromatic N) is 2. The molecule has 1 aliphatic rings. The molecular weight excluding hydrogens is 390 g/mol. The summed E-state index contributed by atoms with van der Waals surface area (Å²) in [5.74, 6) is 7.08. The number of pyridine rings is 1. The van der Waals surface area contributed by atoms with E-state index >= 15 is 0 Å². The van der Waals surface area contributed by atoms with Gasteiger partial charge in [-0.3, -0.25) is 4.68 Å². The SMILES string of the molecule is C=c1cccc/c1=C/C=c1/c2cccc3c2c2c(ccc4c5c(n1c42)C=CCC5C)n3N. The van der Waals surface area contributed by atoms with Crippen LogP contribution in [-0.4, -0.2) is 9.08 Å². The van der Waals surface area contributed by atoms with Crippen LogP contribution in [0.2, 0.25) is 0 Å². The minimum absolute atomic E-state index is 0.485. The molecule has 0 spiro atoms. The first kappa shape index (κ1) is 17.7. The van der Waals surface area contributed by atoms with Gasteiger partial charge in [0.1, 0.15) is 0 Å². The fourth-order valence-electron chi connectivity index (χ4n) is 5.79. The maximum absolute atomic E-state index is 6.60. The molecule has 32 heavy (non-hydrogen) atoms. The molecule has 3 aromatic heterocycles. The molecule has 0 saturated heterocycles. The molecule has 3 heterocycles. The van der Waals surface area contributed by atoms with Crippen molar-refractivity contribution in [3.05, 3.63) is 87.7 Å². The third kappa shape index (κ3) is 2.06. The quantitative estimate of drug-likeness (QED) is 0.317. The summed E-state index contributed by atoms with van der Waals surface area (Å²) < 4.78 is 4.31. The zero-order valence-electron chi connectivity index (χ0n) is 18.0. The molecule has 0 fully saturated rings. The summed E-state index contributed by atoms with van der Waals surface area (Å²) in [6.45, 7) is 6.54. The average molecular weight is 414 g/mol. The topological polar surface area (TPSA) is 35.4 Å². The molecule has 0 bridgehead atoms. The van der Waals surface area contributed by atoms with Gasteiger partial charge in [0.25, 0.3) is 0 Å². The van der Waals surface area contributed by atoms with Crippen molar-refractivity contribution >= 4 is 62.9 Å². The van der Waals surface area contributed by atoms with E-state index in [1.165, 1.54) is 43.7 Å². The van der Waals surface area contributed by atoms with Gasteiger partial charge in [-0.2, -0.15) is 0 Å². The number of nitrogens with two attached hydrogens (primary N) is 1. The van der Waals surface area contributed by atoms with Crippen LogP contribution in [0.4, 0.5) is 0 Å². The molecule has 3 aromatic carbocycles. The van der Waals surface area contributed by atoms with Crippen LogP contribution in [0.3, 0.4) is 0 Å². The van der Waals surface area contributed by atoms with Crippen molar-refractivity contribution in [1.29, 1.82) is 0 Å². The van der Waals surface area contributed by atoms with Gasteiger partial charge in [-0.1, -0.05) is 68.1 Å². The third-order valence-corrected chi connectivity index (χ3v) is 7.25. The van der Waals surface area contributed by atoms with E-state index in [1.54, 1.807) is 0 Å². The van der Waals surface area contributed by atoms with E-state index in [4.69, 9.17) is 5.84 Å². The predicted octanol–water partition coefficient (Wildman–Crippen LogP) is 4.26. The Balaban J connectivity index is 1.81. The molecule has 7 rings (SSSR count). The van der Waals surface area contributed by atoms with Crippen LogP contribution >= 0.6 is 0 Å². The Labute approximate surface area is 185 Å². The maximum Gasteiger partial charge on any atom is 0.0725 e. The van der Waals surface area contributed by atoms with Crippen molar-refractivity contribution in [1.82, 2.24) is 9.08 Å². The van der Waals surface area contributed by atoms with Gasteiger partial charge in [-0.05, 0) is 52.6 Å². The predicted molar refractivity (Wildman–Crippen MR) is 137 cm³/mol. The largest absolute Gasteiger partial charge is 0.339 e. The smallest absolute Gasteiger partial charge is 0.0725 e. The number of benzene rings is 3. The van der Waals surface area contributed by atoms with Crippen molar-refractivity contribution in [2.24, 2.45) is 0 Å². The molecule has 3 nitrogen and oxygen atoms in total. The van der Waals surface area contributed by atoms with Crippen molar-refractivity contribution in [2.45, 2.75) is 19.3 Å². The highest BCUT2D eigenvalue weighted by Gasteiger charge is 2.26. The van der Waals surface area contributed by atoms with Crippen molar-refractivity contribution in [3.63, 3.8) is 0 Å². The van der Waals surface area contributed by atoms with Crippen LogP contribution in [0.15, 0.2) is 60.7 Å². The van der Waals surface area contributed by atoms with Crippen LogP contribution in [0.25, 0.3) is 62.9 Å². The number of rotatable bonds is 1. The monoisotopic (exact) mass is 413 g/mol. The van der Waals surface area contributed by atoms with Crippen LogP contribution in [0.5, 0.6) is 0 Å². The van der Waals surface area contributed by atoms with Crippen molar-refractivity contribution in [2.75, 3.05) is 5.84 Å². The highest BCUT2D eigenvalue weighted by molar-refractivity contribution is 6.26. The number of hydrogen-bond acceptors (Lipinski definition) is 1.